The number of piperidine rings is 1. The van der Waals surface area contributed by atoms with Gasteiger partial charge in [-0.05, 0) is 43.5 Å². The number of carbonyl (C=O) groups excluding carboxylic acids is 1. The van der Waals surface area contributed by atoms with Gasteiger partial charge < -0.3 is 19.5 Å². The van der Waals surface area contributed by atoms with Crippen molar-refractivity contribution in [2.45, 2.75) is 25.4 Å². The Morgan fingerprint density at radius 1 is 1.16 bits per heavy atom. The zero-order valence-corrected chi connectivity index (χ0v) is 17.3. The van der Waals surface area contributed by atoms with Gasteiger partial charge in [-0.1, -0.05) is 0 Å². The molecule has 6 nitrogen and oxygen atoms in total. The van der Waals surface area contributed by atoms with Crippen LogP contribution in [0.2, 0.25) is 0 Å². The Hall–Kier alpha value is -3.23. The number of alkyl halides is 3. The van der Waals surface area contributed by atoms with Crippen LogP contribution in [0, 0.1) is 0 Å². The zero-order chi connectivity index (χ0) is 22.2. The molecule has 0 spiro atoms. The topological polar surface area (TPSA) is 59.4 Å². The minimum atomic E-state index is -4.55. The van der Waals surface area contributed by atoms with Gasteiger partial charge >= 0.3 is 6.18 Å². The van der Waals surface area contributed by atoms with E-state index in [9.17, 15) is 18.0 Å². The highest BCUT2D eigenvalue weighted by Crippen LogP contribution is 2.38. The molecular formula is C22H23F3N4O2. The van der Waals surface area contributed by atoms with Gasteiger partial charge in [-0.2, -0.15) is 13.2 Å². The van der Waals surface area contributed by atoms with Crippen LogP contribution in [0.25, 0.3) is 10.9 Å². The minimum absolute atomic E-state index is 0.0747. The normalized spacial score (nSPS) is 14.7. The maximum absolute atomic E-state index is 13.4. The quantitative estimate of drug-likeness (QED) is 0.632. The van der Waals surface area contributed by atoms with Crippen LogP contribution in [0.4, 0.5) is 24.7 Å². The summed E-state index contributed by atoms with van der Waals surface area (Å²) < 4.78 is 46.7. The van der Waals surface area contributed by atoms with E-state index in [1.54, 1.807) is 12.3 Å². The number of aryl methyl sites for hydroxylation is 1. The third-order valence-electron chi connectivity index (χ3n) is 5.55. The molecule has 1 fully saturated rings. The standard InChI is InChI=1S/C22H23F3N4O2/c1-28-11-8-15-19(28)16(21(30)29-9-4-3-5-10-29)13-26-20(15)27-14-6-7-18(31-2)17(12-14)22(23,24)25/h6-8,11-13H,3-5,9-10H2,1-2H3,(H,26,27). The average Bonchev–Trinajstić information content (AvgIpc) is 3.16. The number of fused-ring (bicyclic) bond motifs is 1. The summed E-state index contributed by atoms with van der Waals surface area (Å²) in [7, 11) is 3.03. The van der Waals surface area contributed by atoms with Crippen molar-refractivity contribution in [3.05, 3.63) is 47.8 Å². The van der Waals surface area contributed by atoms with Crippen molar-refractivity contribution in [1.29, 1.82) is 0 Å². The van der Waals surface area contributed by atoms with E-state index < -0.39 is 11.7 Å². The Morgan fingerprint density at radius 2 is 1.90 bits per heavy atom. The lowest BCUT2D eigenvalue weighted by molar-refractivity contribution is -0.138. The third-order valence-corrected chi connectivity index (χ3v) is 5.55. The molecule has 4 rings (SSSR count). The van der Waals surface area contributed by atoms with E-state index in [0.29, 0.717) is 22.3 Å². The maximum atomic E-state index is 13.4. The molecule has 0 bridgehead atoms. The molecule has 1 aliphatic rings. The summed E-state index contributed by atoms with van der Waals surface area (Å²) in [5, 5.41) is 3.63. The predicted molar refractivity (Wildman–Crippen MR) is 112 cm³/mol. The fraction of sp³-hybridized carbons (Fsp3) is 0.364. The molecule has 3 heterocycles. The van der Waals surface area contributed by atoms with Gasteiger partial charge in [-0.25, -0.2) is 4.98 Å². The molecule has 0 unspecified atom stereocenters. The molecule has 0 atom stereocenters. The number of hydrogen-bond donors (Lipinski definition) is 1. The van der Waals surface area contributed by atoms with Crippen LogP contribution in [-0.2, 0) is 13.2 Å². The molecule has 1 N–H and O–H groups in total. The van der Waals surface area contributed by atoms with E-state index in [1.807, 2.05) is 16.5 Å². The summed E-state index contributed by atoms with van der Waals surface area (Å²) in [6, 6.07) is 5.55. The number of methoxy groups -OCH3 is 1. The largest absolute Gasteiger partial charge is 0.496 e. The number of nitrogens with one attached hydrogen (secondary N) is 1. The number of benzene rings is 1. The summed E-state index contributed by atoms with van der Waals surface area (Å²) in [5.41, 5.74) is 0.528. The molecule has 9 heteroatoms. The van der Waals surface area contributed by atoms with Crippen molar-refractivity contribution in [3.63, 3.8) is 0 Å². The van der Waals surface area contributed by atoms with Crippen LogP contribution >= 0.6 is 0 Å². The lowest BCUT2D eigenvalue weighted by Gasteiger charge is -2.27. The molecule has 1 aromatic carbocycles. The van der Waals surface area contributed by atoms with Crippen LogP contribution in [0.5, 0.6) is 5.75 Å². The van der Waals surface area contributed by atoms with Gasteiger partial charge in [-0.3, -0.25) is 4.79 Å². The Labute approximate surface area is 177 Å². The number of anilines is 2. The maximum Gasteiger partial charge on any atom is 0.420 e. The summed E-state index contributed by atoms with van der Waals surface area (Å²) >= 11 is 0. The monoisotopic (exact) mass is 432 g/mol. The Balaban J connectivity index is 1.71. The number of nitrogens with zero attached hydrogens (tertiary/aromatic N) is 3. The summed E-state index contributed by atoms with van der Waals surface area (Å²) in [5.74, 6) is 0.0526. The number of carbonyl (C=O) groups is 1. The van der Waals surface area contributed by atoms with Crippen LogP contribution in [-0.4, -0.2) is 40.6 Å². The van der Waals surface area contributed by atoms with Crippen LogP contribution in [0.3, 0.4) is 0 Å². The Morgan fingerprint density at radius 3 is 2.58 bits per heavy atom. The van der Waals surface area contributed by atoms with E-state index in [4.69, 9.17) is 4.74 Å². The number of hydrogen-bond acceptors (Lipinski definition) is 4. The van der Waals surface area contributed by atoms with Gasteiger partial charge in [0.15, 0.2) is 0 Å². The summed E-state index contributed by atoms with van der Waals surface area (Å²) in [6.45, 7) is 1.44. The van der Waals surface area contributed by atoms with E-state index in [-0.39, 0.29) is 17.3 Å². The molecule has 0 saturated carbocycles. The molecule has 164 valence electrons. The Bertz CT molecular complexity index is 1120. The van der Waals surface area contributed by atoms with Gasteiger partial charge in [-0.15, -0.1) is 0 Å². The van der Waals surface area contributed by atoms with Gasteiger partial charge in [0.05, 0.1) is 23.8 Å². The first-order chi connectivity index (χ1) is 14.8. The van der Waals surface area contributed by atoms with Crippen molar-refractivity contribution in [2.75, 3.05) is 25.5 Å². The molecule has 1 aliphatic heterocycles. The molecular weight excluding hydrogens is 409 g/mol. The number of pyridine rings is 1. The van der Waals surface area contributed by atoms with Gasteiger partial charge in [0, 0.05) is 43.6 Å². The molecule has 0 aliphatic carbocycles. The van der Waals surface area contributed by atoms with Gasteiger partial charge in [0.2, 0.25) is 0 Å². The number of halogens is 3. The summed E-state index contributed by atoms with van der Waals surface area (Å²) in [6.07, 6.45) is 1.83. The fourth-order valence-electron chi connectivity index (χ4n) is 3.98. The van der Waals surface area contributed by atoms with E-state index in [0.717, 1.165) is 38.4 Å². The second-order valence-electron chi connectivity index (χ2n) is 7.60. The van der Waals surface area contributed by atoms with Gasteiger partial charge in [0.25, 0.3) is 5.91 Å². The zero-order valence-electron chi connectivity index (χ0n) is 17.3. The van der Waals surface area contributed by atoms with E-state index in [1.165, 1.54) is 25.4 Å². The van der Waals surface area contributed by atoms with Crippen molar-refractivity contribution in [2.24, 2.45) is 7.05 Å². The van der Waals surface area contributed by atoms with E-state index in [2.05, 4.69) is 10.3 Å². The molecule has 3 aromatic rings. The first kappa shape index (κ1) is 21.0. The molecule has 1 amide bonds. The van der Waals surface area contributed by atoms with Crippen LogP contribution in [0.15, 0.2) is 36.7 Å². The highest BCUT2D eigenvalue weighted by atomic mass is 19.4. The first-order valence-electron chi connectivity index (χ1n) is 10.0. The average molecular weight is 432 g/mol. The van der Waals surface area contributed by atoms with Crippen molar-refractivity contribution in [3.8, 4) is 5.75 Å². The molecule has 0 radical (unpaired) electrons. The second-order valence-corrected chi connectivity index (χ2v) is 7.60. The molecule has 1 saturated heterocycles. The lowest BCUT2D eigenvalue weighted by atomic mass is 10.1. The summed E-state index contributed by atoms with van der Waals surface area (Å²) in [4.78, 5) is 19.3. The predicted octanol–water partition coefficient (Wildman–Crippen LogP) is 4.97. The second kappa shape index (κ2) is 8.13. The molecule has 31 heavy (non-hydrogen) atoms. The third kappa shape index (κ3) is 4.04. The fourth-order valence-corrected chi connectivity index (χ4v) is 3.98. The number of aromatic nitrogens is 2. The first-order valence-corrected chi connectivity index (χ1v) is 10.0. The SMILES string of the molecule is COc1ccc(Nc2ncc(C(=O)N3CCCCC3)c3c2ccn3C)cc1C(F)(F)F. The lowest BCUT2D eigenvalue weighted by Crippen LogP contribution is -2.35. The highest BCUT2D eigenvalue weighted by Gasteiger charge is 2.34. The van der Waals surface area contributed by atoms with Crippen molar-refractivity contribution >= 4 is 28.3 Å². The minimum Gasteiger partial charge on any atom is -0.496 e. The van der Waals surface area contributed by atoms with E-state index >= 15 is 0 Å². The Kier molecular flexibility index (Phi) is 5.51. The number of rotatable bonds is 4. The number of ether oxygens (including phenoxy) is 1. The van der Waals surface area contributed by atoms with Gasteiger partial charge in [0.1, 0.15) is 11.6 Å². The van der Waals surface area contributed by atoms with Crippen molar-refractivity contribution < 1.29 is 22.7 Å². The number of likely N-dealkylation sites (tertiary alicyclic amines) is 1. The smallest absolute Gasteiger partial charge is 0.420 e. The van der Waals surface area contributed by atoms with Crippen LogP contribution in [0.1, 0.15) is 35.2 Å². The van der Waals surface area contributed by atoms with Crippen molar-refractivity contribution in [1.82, 2.24) is 14.5 Å². The number of amides is 1. The molecule has 2 aromatic heterocycles. The highest BCUT2D eigenvalue weighted by molar-refractivity contribution is 6.08. The van der Waals surface area contributed by atoms with Crippen LogP contribution < -0.4 is 10.1 Å².